The maximum Gasteiger partial charge on any atom is 0.276 e. The van der Waals surface area contributed by atoms with E-state index in [1.807, 2.05) is 0 Å². The van der Waals surface area contributed by atoms with Crippen LogP contribution in [0.2, 0.25) is 0 Å². The molecule has 1 N–H and O–H groups in total. The van der Waals surface area contributed by atoms with Crippen molar-refractivity contribution in [3.8, 4) is 0 Å². The third-order valence-corrected chi connectivity index (χ3v) is 6.36. The minimum absolute atomic E-state index is 0.181. The van der Waals surface area contributed by atoms with Gasteiger partial charge >= 0.3 is 0 Å². The van der Waals surface area contributed by atoms with Crippen LogP contribution in [0.5, 0.6) is 0 Å². The molecule has 1 fully saturated rings. The first kappa shape index (κ1) is 19.3. The molecule has 11 heteroatoms. The Balaban J connectivity index is 1.41. The van der Waals surface area contributed by atoms with Crippen LogP contribution in [0.25, 0.3) is 0 Å². The predicted molar refractivity (Wildman–Crippen MR) is 104 cm³/mol. The number of hydrogen-bond acceptors (Lipinski definition) is 6. The number of carbonyl (C=O) groups excluding carboxylic acids is 1. The second kappa shape index (κ2) is 8.15. The molecule has 1 aromatic carbocycles. The highest BCUT2D eigenvalue weighted by atomic mass is 32.2. The van der Waals surface area contributed by atoms with Crippen molar-refractivity contribution in [2.24, 2.45) is 0 Å². The molecule has 10 nitrogen and oxygen atoms in total. The number of morpholine rings is 1. The number of nitrogens with one attached hydrogen (secondary N) is 1. The van der Waals surface area contributed by atoms with Gasteiger partial charge in [-0.2, -0.15) is 14.5 Å². The third kappa shape index (κ3) is 4.36. The molecule has 152 valence electrons. The molecule has 0 unspecified atom stereocenters. The lowest BCUT2D eigenvalue weighted by atomic mass is 10.3. The fourth-order valence-electron chi connectivity index (χ4n) is 2.94. The van der Waals surface area contributed by atoms with Crippen molar-refractivity contribution in [3.63, 3.8) is 0 Å². The summed E-state index contributed by atoms with van der Waals surface area (Å²) in [6.07, 6.45) is 5.16. The number of aromatic nitrogens is 4. The van der Waals surface area contributed by atoms with E-state index in [2.05, 4.69) is 15.5 Å². The smallest absolute Gasteiger partial charge is 0.276 e. The van der Waals surface area contributed by atoms with E-state index in [9.17, 15) is 13.2 Å². The molecule has 3 aromatic rings. The molecule has 0 radical (unpaired) electrons. The molecule has 0 aliphatic carbocycles. The van der Waals surface area contributed by atoms with Crippen LogP contribution < -0.4 is 5.32 Å². The van der Waals surface area contributed by atoms with Crippen LogP contribution in [0.3, 0.4) is 0 Å². The van der Waals surface area contributed by atoms with Gasteiger partial charge in [0.25, 0.3) is 5.91 Å². The zero-order valence-electron chi connectivity index (χ0n) is 15.5. The minimum atomic E-state index is -3.56. The van der Waals surface area contributed by atoms with Gasteiger partial charge in [0, 0.05) is 37.4 Å². The van der Waals surface area contributed by atoms with Gasteiger partial charge in [-0.05, 0) is 36.4 Å². The second-order valence-electron chi connectivity index (χ2n) is 6.42. The van der Waals surface area contributed by atoms with Crippen molar-refractivity contribution >= 4 is 21.6 Å². The molecule has 0 spiro atoms. The highest BCUT2D eigenvalue weighted by Gasteiger charge is 2.26. The Labute approximate surface area is 167 Å². The van der Waals surface area contributed by atoms with Crippen LogP contribution in [0.4, 0.5) is 5.69 Å². The largest absolute Gasteiger partial charge is 0.379 e. The number of nitrogens with zero attached hydrogens (tertiary/aromatic N) is 5. The standard InChI is InChI=1S/C18H20N6O4S/c25-18(17-6-9-23(21-17)14-22-8-1-7-19-22)20-15-2-4-16(5-3-15)29(26,27)24-10-12-28-13-11-24/h1-9H,10-14H2,(H,20,25). The second-order valence-corrected chi connectivity index (χ2v) is 8.36. The molecule has 1 aliphatic heterocycles. The summed E-state index contributed by atoms with van der Waals surface area (Å²) in [5.74, 6) is -0.381. The summed E-state index contributed by atoms with van der Waals surface area (Å²) in [7, 11) is -3.56. The molecular formula is C18H20N6O4S. The normalized spacial score (nSPS) is 15.3. The van der Waals surface area contributed by atoms with Crippen LogP contribution in [-0.2, 0) is 21.4 Å². The Morgan fingerprint density at radius 1 is 1.07 bits per heavy atom. The van der Waals surface area contributed by atoms with Crippen LogP contribution in [0.15, 0.2) is 59.9 Å². The summed E-state index contributed by atoms with van der Waals surface area (Å²) in [4.78, 5) is 12.6. The summed E-state index contributed by atoms with van der Waals surface area (Å²) in [6, 6.07) is 9.50. The van der Waals surface area contributed by atoms with Gasteiger partial charge in [0.15, 0.2) is 5.69 Å². The zero-order valence-corrected chi connectivity index (χ0v) is 16.3. The molecule has 0 atom stereocenters. The number of ether oxygens (including phenoxy) is 1. The Morgan fingerprint density at radius 3 is 2.52 bits per heavy atom. The number of rotatable bonds is 6. The van der Waals surface area contributed by atoms with Crippen LogP contribution in [0, 0.1) is 0 Å². The number of amides is 1. The number of anilines is 1. The summed E-state index contributed by atoms with van der Waals surface area (Å²) in [6.45, 7) is 1.85. The first-order valence-electron chi connectivity index (χ1n) is 9.02. The van der Waals surface area contributed by atoms with Crippen molar-refractivity contribution in [1.82, 2.24) is 23.9 Å². The maximum atomic E-state index is 12.6. The topological polar surface area (TPSA) is 111 Å². The fourth-order valence-corrected chi connectivity index (χ4v) is 4.34. The highest BCUT2D eigenvalue weighted by Crippen LogP contribution is 2.19. The van der Waals surface area contributed by atoms with Crippen LogP contribution in [-0.4, -0.2) is 64.5 Å². The summed E-state index contributed by atoms with van der Waals surface area (Å²) in [5.41, 5.74) is 0.736. The molecule has 0 saturated carbocycles. The Kier molecular flexibility index (Phi) is 5.43. The van der Waals surface area contributed by atoms with Gasteiger partial charge in [-0.25, -0.2) is 8.42 Å². The van der Waals surface area contributed by atoms with Gasteiger partial charge in [-0.3, -0.25) is 14.2 Å². The summed E-state index contributed by atoms with van der Waals surface area (Å²) < 4.78 is 35.2. The molecule has 4 rings (SSSR count). The van der Waals surface area contributed by atoms with E-state index < -0.39 is 10.0 Å². The van der Waals surface area contributed by atoms with E-state index in [-0.39, 0.29) is 16.5 Å². The van der Waals surface area contributed by atoms with Gasteiger partial charge in [0.05, 0.1) is 18.1 Å². The van der Waals surface area contributed by atoms with E-state index in [0.717, 1.165) is 0 Å². The molecule has 29 heavy (non-hydrogen) atoms. The highest BCUT2D eigenvalue weighted by molar-refractivity contribution is 7.89. The fraction of sp³-hybridized carbons (Fsp3) is 0.278. The Morgan fingerprint density at radius 2 is 1.83 bits per heavy atom. The Bertz CT molecular complexity index is 1070. The van der Waals surface area contributed by atoms with Gasteiger partial charge in [0.2, 0.25) is 10.0 Å². The number of benzene rings is 1. The van der Waals surface area contributed by atoms with E-state index in [1.165, 1.54) is 16.4 Å². The first-order chi connectivity index (χ1) is 14.0. The minimum Gasteiger partial charge on any atom is -0.379 e. The average Bonchev–Trinajstić information content (AvgIpc) is 3.42. The summed E-state index contributed by atoms with van der Waals surface area (Å²) >= 11 is 0. The van der Waals surface area contributed by atoms with Crippen LogP contribution in [0.1, 0.15) is 10.5 Å². The number of sulfonamides is 1. The third-order valence-electron chi connectivity index (χ3n) is 4.44. The van der Waals surface area contributed by atoms with Crippen molar-refractivity contribution in [3.05, 3.63) is 60.7 Å². The molecule has 1 aliphatic rings. The molecule has 2 aromatic heterocycles. The molecule has 0 bridgehead atoms. The summed E-state index contributed by atoms with van der Waals surface area (Å²) in [5, 5.41) is 11.0. The van der Waals surface area contributed by atoms with Crippen molar-refractivity contribution < 1.29 is 17.9 Å². The maximum absolute atomic E-state index is 12.6. The van der Waals surface area contributed by atoms with Crippen molar-refractivity contribution in [2.75, 3.05) is 31.6 Å². The van der Waals surface area contributed by atoms with E-state index >= 15 is 0 Å². The number of hydrogen-bond donors (Lipinski definition) is 1. The van der Waals surface area contributed by atoms with Crippen molar-refractivity contribution in [1.29, 1.82) is 0 Å². The molecule has 3 heterocycles. The molecule has 1 amide bonds. The average molecular weight is 416 g/mol. The lowest BCUT2D eigenvalue weighted by Gasteiger charge is -2.26. The zero-order chi connectivity index (χ0) is 20.3. The van der Waals surface area contributed by atoms with E-state index in [1.54, 1.807) is 52.2 Å². The monoisotopic (exact) mass is 416 g/mol. The van der Waals surface area contributed by atoms with Gasteiger partial charge < -0.3 is 10.1 Å². The van der Waals surface area contributed by atoms with E-state index in [4.69, 9.17) is 4.74 Å². The predicted octanol–water partition coefficient (Wildman–Crippen LogP) is 0.859. The number of carbonyl (C=O) groups is 1. The van der Waals surface area contributed by atoms with Gasteiger partial charge in [-0.1, -0.05) is 0 Å². The van der Waals surface area contributed by atoms with Crippen molar-refractivity contribution in [2.45, 2.75) is 11.6 Å². The van der Waals surface area contributed by atoms with E-state index in [0.29, 0.717) is 38.7 Å². The van der Waals surface area contributed by atoms with Gasteiger partial charge in [0.1, 0.15) is 6.67 Å². The van der Waals surface area contributed by atoms with Crippen LogP contribution >= 0.6 is 0 Å². The SMILES string of the molecule is O=C(Nc1ccc(S(=O)(=O)N2CCOCC2)cc1)c1ccn(Cn2cccn2)n1. The lowest BCUT2D eigenvalue weighted by Crippen LogP contribution is -2.40. The Hall–Kier alpha value is -3.02. The quantitative estimate of drug-likeness (QED) is 0.638. The lowest BCUT2D eigenvalue weighted by molar-refractivity contribution is 0.0730. The molecular weight excluding hydrogens is 396 g/mol. The molecule has 1 saturated heterocycles. The first-order valence-corrected chi connectivity index (χ1v) is 10.5. The van der Waals surface area contributed by atoms with Gasteiger partial charge in [-0.15, -0.1) is 0 Å².